The fraction of sp³-hybridized carbons (Fsp3) is 0.429. The fourth-order valence-corrected chi connectivity index (χ4v) is 4.49. The number of likely N-dealkylation sites (tertiary alicyclic amines) is 1. The van der Waals surface area contributed by atoms with Crippen molar-refractivity contribution in [2.24, 2.45) is 0 Å². The van der Waals surface area contributed by atoms with Gasteiger partial charge in [-0.3, -0.25) is 10.00 Å². The summed E-state index contributed by atoms with van der Waals surface area (Å²) in [5.74, 6) is 1.68. The molecule has 4 rings (SSSR count). The van der Waals surface area contributed by atoms with Crippen LogP contribution in [-0.4, -0.2) is 33.2 Å². The van der Waals surface area contributed by atoms with Gasteiger partial charge in [0.1, 0.15) is 5.82 Å². The highest BCUT2D eigenvalue weighted by atomic mass is 32.1. The van der Waals surface area contributed by atoms with Gasteiger partial charge in [-0.1, -0.05) is 43.2 Å². The van der Waals surface area contributed by atoms with Crippen LogP contribution in [0.15, 0.2) is 42.5 Å². The Hall–Kier alpha value is -2.02. The number of H-pyrrole nitrogens is 1. The molecule has 1 aliphatic rings. The van der Waals surface area contributed by atoms with Gasteiger partial charge in [0, 0.05) is 18.0 Å². The van der Waals surface area contributed by atoms with Crippen LogP contribution in [0, 0.1) is 0 Å². The van der Waals surface area contributed by atoms with Crippen LogP contribution >= 0.6 is 11.3 Å². The Morgan fingerprint density at radius 2 is 1.78 bits per heavy atom. The first kappa shape index (κ1) is 18.3. The maximum Gasteiger partial charge on any atom is 0.191 e. The van der Waals surface area contributed by atoms with Gasteiger partial charge in [0.2, 0.25) is 0 Å². The molecule has 6 heteroatoms. The van der Waals surface area contributed by atoms with Crippen LogP contribution in [0.5, 0.6) is 0 Å². The third-order valence-corrected chi connectivity index (χ3v) is 6.02. The van der Waals surface area contributed by atoms with E-state index in [9.17, 15) is 0 Å². The van der Waals surface area contributed by atoms with E-state index in [2.05, 4.69) is 61.8 Å². The number of thiophene rings is 1. The Morgan fingerprint density at radius 3 is 2.59 bits per heavy atom. The van der Waals surface area contributed by atoms with E-state index in [1.54, 1.807) is 0 Å². The Bertz CT molecular complexity index is 818. The largest absolute Gasteiger partial charge is 0.306 e. The lowest BCUT2D eigenvalue weighted by Crippen LogP contribution is -2.23. The molecule has 2 N–H and O–H groups in total. The number of rotatable bonds is 7. The molecule has 0 unspecified atom stereocenters. The van der Waals surface area contributed by atoms with E-state index in [0.717, 1.165) is 29.6 Å². The number of benzene rings is 1. The smallest absolute Gasteiger partial charge is 0.191 e. The second kappa shape index (κ2) is 9.26. The molecular weight excluding hydrogens is 354 g/mol. The molecule has 142 valence electrons. The minimum Gasteiger partial charge on any atom is -0.306 e. The Kier molecular flexibility index (Phi) is 6.29. The summed E-state index contributed by atoms with van der Waals surface area (Å²) in [6.07, 6.45) is 5.42. The number of nitrogens with zero attached hydrogens (tertiary/aromatic N) is 3. The summed E-state index contributed by atoms with van der Waals surface area (Å²) in [6.45, 7) is 5.03. The summed E-state index contributed by atoms with van der Waals surface area (Å²) in [6, 6.07) is 14.8. The second-order valence-corrected chi connectivity index (χ2v) is 8.32. The number of aromatic amines is 1. The predicted molar refractivity (Wildman–Crippen MR) is 110 cm³/mol. The van der Waals surface area contributed by atoms with Crippen molar-refractivity contribution in [3.05, 3.63) is 58.7 Å². The zero-order valence-corrected chi connectivity index (χ0v) is 16.5. The lowest BCUT2D eigenvalue weighted by Gasteiger charge is -2.18. The molecule has 0 atom stereocenters. The lowest BCUT2D eigenvalue weighted by atomic mass is 10.2. The van der Waals surface area contributed by atoms with Gasteiger partial charge in [0.15, 0.2) is 5.82 Å². The van der Waals surface area contributed by atoms with Gasteiger partial charge in [-0.2, -0.15) is 5.10 Å². The first-order valence-corrected chi connectivity index (χ1v) is 10.7. The van der Waals surface area contributed by atoms with Crippen LogP contribution < -0.4 is 5.32 Å². The van der Waals surface area contributed by atoms with Gasteiger partial charge in [-0.15, -0.1) is 11.3 Å². The summed E-state index contributed by atoms with van der Waals surface area (Å²) in [7, 11) is 0. The summed E-state index contributed by atoms with van der Waals surface area (Å²) in [5, 5.41) is 10.9. The quantitative estimate of drug-likeness (QED) is 0.644. The van der Waals surface area contributed by atoms with Crippen molar-refractivity contribution in [3.8, 4) is 10.7 Å². The minimum atomic E-state index is 0.688. The summed E-state index contributed by atoms with van der Waals surface area (Å²) in [4.78, 5) is 9.78. The SMILES string of the molecule is c1ccc(CNCc2nc(-c3ccc(CN4CCCCCC4)s3)n[nH]2)cc1. The highest BCUT2D eigenvalue weighted by molar-refractivity contribution is 7.15. The lowest BCUT2D eigenvalue weighted by molar-refractivity contribution is 0.279. The molecule has 5 nitrogen and oxygen atoms in total. The molecule has 0 saturated carbocycles. The highest BCUT2D eigenvalue weighted by Gasteiger charge is 2.13. The molecule has 1 saturated heterocycles. The van der Waals surface area contributed by atoms with Gasteiger partial charge >= 0.3 is 0 Å². The topological polar surface area (TPSA) is 56.8 Å². The Morgan fingerprint density at radius 1 is 0.963 bits per heavy atom. The molecule has 27 heavy (non-hydrogen) atoms. The van der Waals surface area contributed by atoms with E-state index in [1.165, 1.54) is 49.2 Å². The van der Waals surface area contributed by atoms with Crippen molar-refractivity contribution in [3.63, 3.8) is 0 Å². The van der Waals surface area contributed by atoms with Crippen molar-refractivity contribution in [1.82, 2.24) is 25.4 Å². The van der Waals surface area contributed by atoms with E-state index < -0.39 is 0 Å². The van der Waals surface area contributed by atoms with Crippen LogP contribution in [0.1, 0.15) is 41.9 Å². The predicted octanol–water partition coefficient (Wildman–Crippen LogP) is 4.20. The minimum absolute atomic E-state index is 0.688. The molecule has 0 spiro atoms. The third-order valence-electron chi connectivity index (χ3n) is 4.96. The van der Waals surface area contributed by atoms with E-state index in [-0.39, 0.29) is 0 Å². The van der Waals surface area contributed by atoms with Gasteiger partial charge < -0.3 is 5.32 Å². The van der Waals surface area contributed by atoms with E-state index in [1.807, 2.05) is 17.4 Å². The van der Waals surface area contributed by atoms with Crippen molar-refractivity contribution in [2.75, 3.05) is 13.1 Å². The fourth-order valence-electron chi connectivity index (χ4n) is 3.50. The molecule has 2 aromatic heterocycles. The van der Waals surface area contributed by atoms with Crippen molar-refractivity contribution < 1.29 is 0 Å². The first-order chi connectivity index (χ1) is 13.4. The molecule has 1 fully saturated rings. The molecule has 0 aliphatic carbocycles. The van der Waals surface area contributed by atoms with Crippen LogP contribution in [0.3, 0.4) is 0 Å². The molecule has 0 bridgehead atoms. The van der Waals surface area contributed by atoms with E-state index >= 15 is 0 Å². The normalized spacial score (nSPS) is 15.7. The molecule has 0 radical (unpaired) electrons. The molecule has 0 amide bonds. The molecular formula is C21H27N5S. The van der Waals surface area contributed by atoms with Gasteiger partial charge in [-0.05, 0) is 43.6 Å². The van der Waals surface area contributed by atoms with Crippen LogP contribution in [-0.2, 0) is 19.6 Å². The average molecular weight is 382 g/mol. The number of nitrogens with one attached hydrogen (secondary N) is 2. The van der Waals surface area contributed by atoms with Crippen LogP contribution in [0.25, 0.3) is 10.7 Å². The maximum atomic E-state index is 4.65. The standard InChI is InChI=1S/C21H27N5S/c1-2-7-13-26(12-6-1)16-18-10-11-19(27-18)21-23-20(24-25-21)15-22-14-17-8-4-3-5-9-17/h3-5,8-11,22H,1-2,6-7,12-16H2,(H,23,24,25). The summed E-state index contributed by atoms with van der Waals surface area (Å²) in [5.41, 5.74) is 1.27. The number of aromatic nitrogens is 3. The van der Waals surface area contributed by atoms with E-state index in [4.69, 9.17) is 0 Å². The van der Waals surface area contributed by atoms with Crippen molar-refractivity contribution >= 4 is 11.3 Å². The highest BCUT2D eigenvalue weighted by Crippen LogP contribution is 2.27. The molecule has 3 aromatic rings. The van der Waals surface area contributed by atoms with Gasteiger partial charge in [0.25, 0.3) is 0 Å². The van der Waals surface area contributed by atoms with Crippen LogP contribution in [0.4, 0.5) is 0 Å². The van der Waals surface area contributed by atoms with Gasteiger partial charge in [0.05, 0.1) is 11.4 Å². The number of hydrogen-bond donors (Lipinski definition) is 2. The van der Waals surface area contributed by atoms with Crippen molar-refractivity contribution in [2.45, 2.75) is 45.3 Å². The van der Waals surface area contributed by atoms with Gasteiger partial charge in [-0.25, -0.2) is 4.98 Å². The third kappa shape index (κ3) is 5.25. The zero-order valence-electron chi connectivity index (χ0n) is 15.7. The molecule has 1 aromatic carbocycles. The average Bonchev–Trinajstić information content (AvgIpc) is 3.27. The Labute approximate surface area is 164 Å². The summed E-state index contributed by atoms with van der Waals surface area (Å²) < 4.78 is 0. The molecule has 1 aliphatic heterocycles. The van der Waals surface area contributed by atoms with Crippen LogP contribution in [0.2, 0.25) is 0 Å². The number of hydrogen-bond acceptors (Lipinski definition) is 5. The Balaban J connectivity index is 1.31. The second-order valence-electron chi connectivity index (χ2n) is 7.15. The maximum absolute atomic E-state index is 4.65. The van der Waals surface area contributed by atoms with E-state index in [0.29, 0.717) is 6.54 Å². The van der Waals surface area contributed by atoms with Crippen molar-refractivity contribution in [1.29, 1.82) is 0 Å². The summed E-state index contributed by atoms with van der Waals surface area (Å²) >= 11 is 1.81. The molecule has 3 heterocycles. The zero-order chi connectivity index (χ0) is 18.3. The first-order valence-electron chi connectivity index (χ1n) is 9.84. The monoisotopic (exact) mass is 381 g/mol.